The second kappa shape index (κ2) is 6.67. The quantitative estimate of drug-likeness (QED) is 0.695. The van der Waals surface area contributed by atoms with Gasteiger partial charge in [-0.2, -0.15) is 0 Å². The fraction of sp³-hybridized carbons (Fsp3) is 0.0667. The van der Waals surface area contributed by atoms with Crippen LogP contribution in [0, 0.1) is 0 Å². The summed E-state index contributed by atoms with van der Waals surface area (Å²) >= 11 is 5.28. The summed E-state index contributed by atoms with van der Waals surface area (Å²) in [4.78, 5) is 1.31. The molecule has 0 bridgehead atoms. The van der Waals surface area contributed by atoms with Crippen molar-refractivity contribution in [3.8, 4) is 0 Å². The molecule has 0 radical (unpaired) electrons. The van der Waals surface area contributed by atoms with Crippen molar-refractivity contribution < 1.29 is 0 Å². The lowest BCUT2D eigenvalue weighted by atomic mass is 10.2. The van der Waals surface area contributed by atoms with Crippen molar-refractivity contribution in [3.63, 3.8) is 0 Å². The van der Waals surface area contributed by atoms with Crippen LogP contribution in [-0.4, -0.2) is 5.75 Å². The molecule has 17 heavy (non-hydrogen) atoms. The SMILES string of the molecule is Brc1ccc(/C=C/CSc2ccccc2)cc1. The van der Waals surface area contributed by atoms with Gasteiger partial charge in [0.2, 0.25) is 0 Å². The Morgan fingerprint density at radius 3 is 2.35 bits per heavy atom. The van der Waals surface area contributed by atoms with Crippen LogP contribution in [-0.2, 0) is 0 Å². The molecule has 86 valence electrons. The molecule has 2 aromatic carbocycles. The van der Waals surface area contributed by atoms with E-state index in [0.717, 1.165) is 10.2 Å². The average Bonchev–Trinajstić information content (AvgIpc) is 2.38. The lowest BCUT2D eigenvalue weighted by molar-refractivity contribution is 1.46. The van der Waals surface area contributed by atoms with Crippen LogP contribution in [0.2, 0.25) is 0 Å². The fourth-order valence-electron chi connectivity index (χ4n) is 1.42. The molecule has 0 aliphatic carbocycles. The Morgan fingerprint density at radius 2 is 1.65 bits per heavy atom. The highest BCUT2D eigenvalue weighted by Gasteiger charge is 1.90. The van der Waals surface area contributed by atoms with Crippen molar-refractivity contribution >= 4 is 33.8 Å². The number of benzene rings is 2. The molecule has 0 amide bonds. The van der Waals surface area contributed by atoms with Crippen LogP contribution in [0.15, 0.2) is 70.0 Å². The van der Waals surface area contributed by atoms with E-state index in [0.29, 0.717) is 0 Å². The molecule has 0 aromatic heterocycles. The van der Waals surface area contributed by atoms with Crippen LogP contribution in [0.25, 0.3) is 6.08 Å². The Bertz CT molecular complexity index is 474. The molecule has 0 heterocycles. The van der Waals surface area contributed by atoms with Crippen LogP contribution in [0.3, 0.4) is 0 Å². The zero-order valence-corrected chi connectivity index (χ0v) is 11.7. The van der Waals surface area contributed by atoms with E-state index < -0.39 is 0 Å². The lowest BCUT2D eigenvalue weighted by Crippen LogP contribution is -1.74. The third-order valence-corrected chi connectivity index (χ3v) is 3.76. The minimum atomic E-state index is 1.00. The maximum atomic E-state index is 3.43. The van der Waals surface area contributed by atoms with Crippen LogP contribution in [0.1, 0.15) is 5.56 Å². The second-order valence-corrected chi connectivity index (χ2v) is 5.59. The third kappa shape index (κ3) is 4.41. The van der Waals surface area contributed by atoms with Crippen molar-refractivity contribution in [2.45, 2.75) is 4.90 Å². The molecule has 0 N–H and O–H groups in total. The zero-order chi connectivity index (χ0) is 11.9. The molecule has 0 unspecified atom stereocenters. The van der Waals surface area contributed by atoms with E-state index in [9.17, 15) is 0 Å². The first-order chi connectivity index (χ1) is 8.34. The maximum absolute atomic E-state index is 3.43. The van der Waals surface area contributed by atoms with Crippen molar-refractivity contribution in [1.82, 2.24) is 0 Å². The van der Waals surface area contributed by atoms with Crippen molar-refractivity contribution in [2.75, 3.05) is 5.75 Å². The molecule has 0 atom stereocenters. The molecule has 0 aliphatic heterocycles. The van der Waals surface area contributed by atoms with Gasteiger partial charge in [-0.05, 0) is 29.8 Å². The molecule has 2 aromatic rings. The van der Waals surface area contributed by atoms with Gasteiger partial charge in [-0.1, -0.05) is 58.4 Å². The van der Waals surface area contributed by atoms with Crippen LogP contribution >= 0.6 is 27.7 Å². The van der Waals surface area contributed by atoms with Crippen molar-refractivity contribution in [1.29, 1.82) is 0 Å². The minimum absolute atomic E-state index is 1.00. The van der Waals surface area contributed by atoms with E-state index in [2.05, 4.69) is 76.6 Å². The Balaban J connectivity index is 1.84. The summed E-state index contributed by atoms with van der Waals surface area (Å²) in [5.41, 5.74) is 1.24. The number of hydrogen-bond donors (Lipinski definition) is 0. The summed E-state index contributed by atoms with van der Waals surface area (Å²) in [6, 6.07) is 18.8. The zero-order valence-electron chi connectivity index (χ0n) is 9.34. The van der Waals surface area contributed by atoms with Gasteiger partial charge in [-0.25, -0.2) is 0 Å². The molecule has 2 heteroatoms. The minimum Gasteiger partial charge on any atom is -0.122 e. The number of hydrogen-bond acceptors (Lipinski definition) is 1. The van der Waals surface area contributed by atoms with Crippen LogP contribution in [0.5, 0.6) is 0 Å². The fourth-order valence-corrected chi connectivity index (χ4v) is 2.42. The molecule has 0 saturated carbocycles. The molecule has 0 aliphatic rings. The number of thioether (sulfide) groups is 1. The predicted molar refractivity (Wildman–Crippen MR) is 80.3 cm³/mol. The van der Waals surface area contributed by atoms with E-state index in [4.69, 9.17) is 0 Å². The summed E-state index contributed by atoms with van der Waals surface area (Å²) in [7, 11) is 0. The average molecular weight is 305 g/mol. The molecule has 0 fully saturated rings. The van der Waals surface area contributed by atoms with Crippen LogP contribution in [0.4, 0.5) is 0 Å². The second-order valence-electron chi connectivity index (χ2n) is 3.58. The highest BCUT2D eigenvalue weighted by atomic mass is 79.9. The molecular formula is C15H13BrS. The molecule has 0 saturated heterocycles. The Labute approximate surface area is 115 Å². The van der Waals surface area contributed by atoms with Gasteiger partial charge in [0.1, 0.15) is 0 Å². The Kier molecular flexibility index (Phi) is 4.89. The van der Waals surface area contributed by atoms with Crippen molar-refractivity contribution in [3.05, 3.63) is 70.7 Å². The maximum Gasteiger partial charge on any atom is 0.0175 e. The lowest BCUT2D eigenvalue weighted by Gasteiger charge is -1.97. The van der Waals surface area contributed by atoms with E-state index in [1.165, 1.54) is 10.5 Å². The molecular weight excluding hydrogens is 292 g/mol. The summed E-state index contributed by atoms with van der Waals surface area (Å²) < 4.78 is 1.12. The first-order valence-corrected chi connectivity index (χ1v) is 7.22. The Morgan fingerprint density at radius 1 is 0.941 bits per heavy atom. The van der Waals surface area contributed by atoms with E-state index in [1.807, 2.05) is 17.8 Å². The standard InChI is InChI=1S/C15H13BrS/c16-14-10-8-13(9-11-14)5-4-12-17-15-6-2-1-3-7-15/h1-11H,12H2/b5-4+. The van der Waals surface area contributed by atoms with Gasteiger partial charge in [0.25, 0.3) is 0 Å². The summed E-state index contributed by atoms with van der Waals surface area (Å²) in [5.74, 6) is 1.00. The van der Waals surface area contributed by atoms with E-state index >= 15 is 0 Å². The normalized spacial score (nSPS) is 10.9. The third-order valence-electron chi connectivity index (χ3n) is 2.27. The van der Waals surface area contributed by atoms with Gasteiger partial charge in [-0.15, -0.1) is 11.8 Å². The summed E-state index contributed by atoms with van der Waals surface area (Å²) in [5, 5.41) is 0. The highest BCUT2D eigenvalue weighted by molar-refractivity contribution is 9.10. The first kappa shape index (κ1) is 12.5. The van der Waals surface area contributed by atoms with Gasteiger partial charge >= 0.3 is 0 Å². The Hall–Kier alpha value is -0.990. The molecule has 0 nitrogen and oxygen atoms in total. The van der Waals surface area contributed by atoms with Crippen LogP contribution < -0.4 is 0 Å². The molecule has 2 rings (SSSR count). The largest absolute Gasteiger partial charge is 0.122 e. The number of halogens is 1. The van der Waals surface area contributed by atoms with Gasteiger partial charge in [0, 0.05) is 15.1 Å². The van der Waals surface area contributed by atoms with Gasteiger partial charge in [-0.3, -0.25) is 0 Å². The van der Waals surface area contributed by atoms with Crippen molar-refractivity contribution in [2.24, 2.45) is 0 Å². The highest BCUT2D eigenvalue weighted by Crippen LogP contribution is 2.17. The summed E-state index contributed by atoms with van der Waals surface area (Å²) in [6.07, 6.45) is 4.35. The van der Waals surface area contributed by atoms with Gasteiger partial charge in [0.15, 0.2) is 0 Å². The topological polar surface area (TPSA) is 0 Å². The molecule has 0 spiro atoms. The smallest absolute Gasteiger partial charge is 0.0175 e. The van der Waals surface area contributed by atoms with Gasteiger partial charge < -0.3 is 0 Å². The van der Waals surface area contributed by atoms with E-state index in [1.54, 1.807) is 0 Å². The monoisotopic (exact) mass is 304 g/mol. The summed E-state index contributed by atoms with van der Waals surface area (Å²) in [6.45, 7) is 0. The number of rotatable bonds is 4. The van der Waals surface area contributed by atoms with Gasteiger partial charge in [0.05, 0.1) is 0 Å². The predicted octanol–water partition coefficient (Wildman–Crippen LogP) is 5.25. The van der Waals surface area contributed by atoms with E-state index in [-0.39, 0.29) is 0 Å². The first-order valence-electron chi connectivity index (χ1n) is 5.44.